The van der Waals surface area contributed by atoms with Crippen LogP contribution < -0.4 is 0 Å². The van der Waals surface area contributed by atoms with E-state index in [1.54, 1.807) is 15.8 Å². The van der Waals surface area contributed by atoms with Gasteiger partial charge in [-0.1, -0.05) is 11.6 Å². The Morgan fingerprint density at radius 3 is 2.50 bits per heavy atom. The molecule has 0 spiro atoms. The fourth-order valence-corrected chi connectivity index (χ4v) is 1.83. The molecule has 1 aromatic heterocycles. The molecule has 1 atom stereocenters. The van der Waals surface area contributed by atoms with Gasteiger partial charge in [-0.25, -0.2) is 0 Å². The number of hydrogen-bond acceptors (Lipinski definition) is 2. The Labute approximate surface area is 101 Å². The van der Waals surface area contributed by atoms with Gasteiger partial charge in [-0.05, 0) is 27.7 Å². The maximum Gasteiger partial charge on any atom is 0.247 e. The fraction of sp³-hybridized carbons (Fsp3) is 0.636. The Bertz CT molecular complexity index is 371. The van der Waals surface area contributed by atoms with E-state index in [0.717, 1.165) is 5.69 Å². The topological polar surface area (TPSA) is 38.1 Å². The third-order valence-electron chi connectivity index (χ3n) is 2.78. The second-order valence-corrected chi connectivity index (χ2v) is 4.12. The summed E-state index contributed by atoms with van der Waals surface area (Å²) in [7, 11) is 0. The van der Waals surface area contributed by atoms with Gasteiger partial charge in [0.1, 0.15) is 6.04 Å². The number of hydrogen-bond donors (Lipinski definition) is 0. The van der Waals surface area contributed by atoms with E-state index < -0.39 is 0 Å². The van der Waals surface area contributed by atoms with Crippen LogP contribution in [0.3, 0.4) is 0 Å². The van der Waals surface area contributed by atoms with Crippen molar-refractivity contribution in [3.8, 4) is 0 Å². The van der Waals surface area contributed by atoms with E-state index in [1.165, 1.54) is 0 Å². The number of nitrogens with zero attached hydrogens (tertiary/aromatic N) is 3. The number of likely N-dealkylation sites (N-methyl/N-ethyl adjacent to an activating group) is 1. The molecule has 1 unspecified atom stereocenters. The van der Waals surface area contributed by atoms with E-state index in [0.29, 0.717) is 18.1 Å². The number of aromatic nitrogens is 2. The van der Waals surface area contributed by atoms with Crippen molar-refractivity contribution in [2.24, 2.45) is 0 Å². The molecule has 4 nitrogen and oxygen atoms in total. The molecular weight excluding hydrogens is 226 g/mol. The van der Waals surface area contributed by atoms with Gasteiger partial charge in [0.2, 0.25) is 5.91 Å². The van der Waals surface area contributed by atoms with Crippen molar-refractivity contribution in [3.63, 3.8) is 0 Å². The van der Waals surface area contributed by atoms with Gasteiger partial charge in [0.05, 0.1) is 16.9 Å². The zero-order chi connectivity index (χ0) is 12.3. The highest BCUT2D eigenvalue weighted by Gasteiger charge is 2.22. The Morgan fingerprint density at radius 1 is 1.56 bits per heavy atom. The Balaban J connectivity index is 2.89. The lowest BCUT2D eigenvalue weighted by Crippen LogP contribution is -2.36. The summed E-state index contributed by atoms with van der Waals surface area (Å²) in [6.45, 7) is 9.08. The van der Waals surface area contributed by atoms with Crippen LogP contribution in [0.25, 0.3) is 0 Å². The first-order valence-corrected chi connectivity index (χ1v) is 5.89. The van der Waals surface area contributed by atoms with Crippen molar-refractivity contribution in [1.29, 1.82) is 0 Å². The zero-order valence-electron chi connectivity index (χ0n) is 10.2. The van der Waals surface area contributed by atoms with E-state index in [9.17, 15) is 4.79 Å². The molecule has 0 N–H and O–H groups in total. The molecule has 0 aliphatic carbocycles. The second kappa shape index (κ2) is 5.34. The molecule has 90 valence electrons. The van der Waals surface area contributed by atoms with Gasteiger partial charge in [-0.2, -0.15) is 5.10 Å². The largest absolute Gasteiger partial charge is 0.341 e. The van der Waals surface area contributed by atoms with Crippen LogP contribution in [-0.4, -0.2) is 33.7 Å². The predicted octanol–water partition coefficient (Wildman–Crippen LogP) is 2.27. The summed E-state index contributed by atoms with van der Waals surface area (Å²) in [6, 6.07) is -0.299. The van der Waals surface area contributed by atoms with Gasteiger partial charge < -0.3 is 4.90 Å². The Kier molecular flexibility index (Phi) is 4.35. The maximum atomic E-state index is 12.1. The molecule has 0 aliphatic rings. The van der Waals surface area contributed by atoms with E-state index in [1.807, 2.05) is 27.7 Å². The first kappa shape index (κ1) is 13.0. The summed E-state index contributed by atoms with van der Waals surface area (Å²) in [5, 5.41) is 4.72. The van der Waals surface area contributed by atoms with Gasteiger partial charge in [-0.3, -0.25) is 9.48 Å². The van der Waals surface area contributed by atoms with Crippen molar-refractivity contribution >= 4 is 17.5 Å². The summed E-state index contributed by atoms with van der Waals surface area (Å²) >= 11 is 5.92. The van der Waals surface area contributed by atoms with Crippen molar-refractivity contribution in [2.45, 2.75) is 33.7 Å². The monoisotopic (exact) mass is 243 g/mol. The van der Waals surface area contributed by atoms with Crippen LogP contribution in [0.15, 0.2) is 6.20 Å². The smallest absolute Gasteiger partial charge is 0.247 e. The lowest BCUT2D eigenvalue weighted by molar-refractivity contribution is -0.134. The van der Waals surface area contributed by atoms with Gasteiger partial charge in [-0.15, -0.1) is 0 Å². The van der Waals surface area contributed by atoms with Crippen LogP contribution in [0.4, 0.5) is 0 Å². The van der Waals surface area contributed by atoms with E-state index in [-0.39, 0.29) is 11.9 Å². The van der Waals surface area contributed by atoms with Crippen LogP contribution >= 0.6 is 11.6 Å². The third kappa shape index (κ3) is 2.38. The summed E-state index contributed by atoms with van der Waals surface area (Å²) in [4.78, 5) is 13.9. The lowest BCUT2D eigenvalue weighted by Gasteiger charge is -2.23. The lowest BCUT2D eigenvalue weighted by atomic mass is 10.2. The quantitative estimate of drug-likeness (QED) is 0.814. The molecule has 16 heavy (non-hydrogen) atoms. The standard InChI is InChI=1S/C11H18ClN3O/c1-5-14(6-2)11(16)9(4)15-8(3)10(12)7-13-15/h7,9H,5-6H2,1-4H3. The van der Waals surface area contributed by atoms with Crippen molar-refractivity contribution in [3.05, 3.63) is 16.9 Å². The molecule has 5 heteroatoms. The number of halogens is 1. The normalized spacial score (nSPS) is 12.6. The van der Waals surface area contributed by atoms with Gasteiger partial charge in [0.25, 0.3) is 0 Å². The van der Waals surface area contributed by atoms with Gasteiger partial charge in [0.15, 0.2) is 0 Å². The Morgan fingerprint density at radius 2 is 2.12 bits per heavy atom. The summed E-state index contributed by atoms with van der Waals surface area (Å²) in [6.07, 6.45) is 1.57. The van der Waals surface area contributed by atoms with Crippen molar-refractivity contribution < 1.29 is 4.79 Å². The Hall–Kier alpha value is -1.03. The van der Waals surface area contributed by atoms with E-state index >= 15 is 0 Å². The summed E-state index contributed by atoms with van der Waals surface area (Å²) < 4.78 is 1.67. The molecule has 0 saturated heterocycles. The molecule has 1 amide bonds. The van der Waals surface area contributed by atoms with E-state index in [4.69, 9.17) is 11.6 Å². The van der Waals surface area contributed by atoms with Crippen molar-refractivity contribution in [1.82, 2.24) is 14.7 Å². The summed E-state index contributed by atoms with van der Waals surface area (Å²) in [5.41, 5.74) is 0.828. The number of amides is 1. The molecule has 0 saturated carbocycles. The van der Waals surface area contributed by atoms with Crippen LogP contribution in [-0.2, 0) is 4.79 Å². The highest BCUT2D eigenvalue weighted by molar-refractivity contribution is 6.31. The number of rotatable bonds is 4. The zero-order valence-corrected chi connectivity index (χ0v) is 11.0. The van der Waals surface area contributed by atoms with Gasteiger partial charge >= 0.3 is 0 Å². The third-order valence-corrected chi connectivity index (χ3v) is 3.16. The van der Waals surface area contributed by atoms with E-state index in [2.05, 4.69) is 5.10 Å². The second-order valence-electron chi connectivity index (χ2n) is 3.71. The van der Waals surface area contributed by atoms with Crippen LogP contribution in [0.5, 0.6) is 0 Å². The molecule has 0 bridgehead atoms. The minimum Gasteiger partial charge on any atom is -0.341 e. The van der Waals surface area contributed by atoms with Crippen LogP contribution in [0.2, 0.25) is 5.02 Å². The van der Waals surface area contributed by atoms with Crippen LogP contribution in [0.1, 0.15) is 32.5 Å². The molecule has 0 radical (unpaired) electrons. The average Bonchev–Trinajstić information content (AvgIpc) is 2.60. The summed E-state index contributed by atoms with van der Waals surface area (Å²) in [5.74, 6) is 0.0767. The SMILES string of the molecule is CCN(CC)C(=O)C(C)n1ncc(Cl)c1C. The number of carbonyl (C=O) groups is 1. The molecule has 0 aliphatic heterocycles. The highest BCUT2D eigenvalue weighted by Crippen LogP contribution is 2.18. The molecule has 1 heterocycles. The molecular formula is C11H18ClN3O. The molecule has 0 fully saturated rings. The average molecular weight is 244 g/mol. The molecule has 0 aromatic carbocycles. The minimum atomic E-state index is -0.299. The first-order valence-electron chi connectivity index (χ1n) is 5.51. The first-order chi connectivity index (χ1) is 7.52. The number of carbonyl (C=O) groups excluding carboxylic acids is 1. The molecule has 1 rings (SSSR count). The fourth-order valence-electron chi connectivity index (χ4n) is 1.70. The van der Waals surface area contributed by atoms with Crippen molar-refractivity contribution in [2.75, 3.05) is 13.1 Å². The molecule has 1 aromatic rings. The predicted molar refractivity (Wildman–Crippen MR) is 64.6 cm³/mol. The highest BCUT2D eigenvalue weighted by atomic mass is 35.5. The minimum absolute atomic E-state index is 0.0767. The maximum absolute atomic E-state index is 12.1. The van der Waals surface area contributed by atoms with Crippen LogP contribution in [0, 0.1) is 6.92 Å². The van der Waals surface area contributed by atoms with Gasteiger partial charge in [0, 0.05) is 13.1 Å².